The molecule has 2 amide bonds. The van der Waals surface area contributed by atoms with Gasteiger partial charge in [0.1, 0.15) is 5.82 Å². The molecular formula is C19H22FN3O2S. The number of anilines is 1. The molecule has 2 N–H and O–H groups in total. The maximum absolute atomic E-state index is 13.2. The quantitative estimate of drug-likeness (QED) is 0.809. The molecule has 1 atom stereocenters. The Labute approximate surface area is 156 Å². The lowest BCUT2D eigenvalue weighted by atomic mass is 10.2. The van der Waals surface area contributed by atoms with Gasteiger partial charge in [0.15, 0.2) is 0 Å². The summed E-state index contributed by atoms with van der Waals surface area (Å²) in [6.45, 7) is 1.32. The smallest absolute Gasteiger partial charge is 0.241 e. The van der Waals surface area contributed by atoms with Crippen molar-refractivity contribution >= 4 is 28.8 Å². The number of primary amides is 1. The van der Waals surface area contributed by atoms with Gasteiger partial charge in [0.2, 0.25) is 11.8 Å². The second-order valence-corrected chi connectivity index (χ2v) is 7.36. The molecular weight excluding hydrogens is 353 g/mol. The minimum absolute atomic E-state index is 0.0669. The van der Waals surface area contributed by atoms with Crippen LogP contribution in [0.5, 0.6) is 0 Å². The molecule has 3 rings (SSSR count). The van der Waals surface area contributed by atoms with E-state index in [1.165, 1.54) is 21.9 Å². The van der Waals surface area contributed by atoms with E-state index in [-0.39, 0.29) is 37.3 Å². The number of amides is 2. The topological polar surface area (TPSA) is 66.6 Å². The molecule has 0 saturated carbocycles. The van der Waals surface area contributed by atoms with Crippen molar-refractivity contribution in [2.24, 2.45) is 5.73 Å². The molecule has 1 saturated heterocycles. The second kappa shape index (κ2) is 8.42. The van der Waals surface area contributed by atoms with Gasteiger partial charge >= 0.3 is 0 Å². The molecule has 2 aromatic rings. The molecule has 1 aliphatic heterocycles. The minimum atomic E-state index is -0.470. The number of nitrogens with two attached hydrogens (primary N) is 1. The first-order valence-electron chi connectivity index (χ1n) is 8.66. The molecule has 1 aromatic heterocycles. The molecule has 2 heterocycles. The van der Waals surface area contributed by atoms with Crippen LogP contribution in [0.4, 0.5) is 10.1 Å². The molecule has 1 aliphatic rings. The fraction of sp³-hybridized carbons (Fsp3) is 0.368. The minimum Gasteiger partial charge on any atom is -0.370 e. The summed E-state index contributed by atoms with van der Waals surface area (Å²) < 4.78 is 13.2. The molecule has 1 fully saturated rings. The Morgan fingerprint density at radius 2 is 2.04 bits per heavy atom. The Bertz CT molecular complexity index is 749. The van der Waals surface area contributed by atoms with Crippen molar-refractivity contribution in [3.05, 3.63) is 52.5 Å². The number of halogens is 1. The van der Waals surface area contributed by atoms with Crippen LogP contribution in [0.3, 0.4) is 0 Å². The van der Waals surface area contributed by atoms with Crippen LogP contribution in [0.15, 0.2) is 41.8 Å². The van der Waals surface area contributed by atoms with Crippen molar-refractivity contribution in [1.82, 2.24) is 4.90 Å². The summed E-state index contributed by atoms with van der Waals surface area (Å²) in [4.78, 5) is 29.1. The van der Waals surface area contributed by atoms with E-state index in [9.17, 15) is 14.0 Å². The number of nitrogens with zero attached hydrogens (tertiary/aromatic N) is 2. The molecule has 26 heavy (non-hydrogen) atoms. The van der Waals surface area contributed by atoms with E-state index in [1.807, 2.05) is 11.4 Å². The number of thiophene rings is 1. The van der Waals surface area contributed by atoms with Crippen molar-refractivity contribution < 1.29 is 14.0 Å². The number of hydrogen-bond donors (Lipinski definition) is 1. The summed E-state index contributed by atoms with van der Waals surface area (Å²) in [6, 6.07) is 10.1. The molecule has 138 valence electrons. The zero-order valence-corrected chi connectivity index (χ0v) is 15.3. The molecule has 0 aliphatic carbocycles. The summed E-state index contributed by atoms with van der Waals surface area (Å²) in [6.07, 6.45) is 2.15. The van der Waals surface area contributed by atoms with E-state index in [0.29, 0.717) is 5.69 Å². The Morgan fingerprint density at radius 3 is 2.69 bits per heavy atom. The fourth-order valence-corrected chi connectivity index (χ4v) is 4.21. The third-order valence-corrected chi connectivity index (χ3v) is 5.57. The largest absolute Gasteiger partial charge is 0.370 e. The standard InChI is InChI=1S/C19H22FN3O2S/c20-14-5-7-15(8-6-14)23(11-9-18(21)24)19(25)13-22-10-1-3-16(22)17-4-2-12-26-17/h2,4-8,12,16H,1,3,9-11,13H2,(H2,21,24). The Morgan fingerprint density at radius 1 is 1.27 bits per heavy atom. The van der Waals surface area contributed by atoms with Crippen molar-refractivity contribution in [2.75, 3.05) is 24.5 Å². The lowest BCUT2D eigenvalue weighted by Crippen LogP contribution is -2.41. The predicted octanol–water partition coefficient (Wildman–Crippen LogP) is 2.93. The van der Waals surface area contributed by atoms with Gasteiger partial charge in [0.25, 0.3) is 0 Å². The summed E-state index contributed by atoms with van der Waals surface area (Å²) in [5.41, 5.74) is 5.82. The van der Waals surface area contributed by atoms with Gasteiger partial charge in [-0.2, -0.15) is 0 Å². The number of hydrogen-bond acceptors (Lipinski definition) is 4. The van der Waals surface area contributed by atoms with Crippen LogP contribution in [-0.2, 0) is 9.59 Å². The summed E-state index contributed by atoms with van der Waals surface area (Å²) in [5.74, 6) is -0.947. The third-order valence-electron chi connectivity index (χ3n) is 4.59. The highest BCUT2D eigenvalue weighted by atomic mass is 32.1. The van der Waals surface area contributed by atoms with Crippen LogP contribution < -0.4 is 10.6 Å². The van der Waals surface area contributed by atoms with E-state index < -0.39 is 5.91 Å². The number of benzene rings is 1. The predicted molar refractivity (Wildman–Crippen MR) is 100 cm³/mol. The number of carbonyl (C=O) groups is 2. The molecule has 0 bridgehead atoms. The van der Waals surface area contributed by atoms with Gasteiger partial charge in [-0.3, -0.25) is 14.5 Å². The molecule has 5 nitrogen and oxygen atoms in total. The lowest BCUT2D eigenvalue weighted by Gasteiger charge is -2.28. The Hall–Kier alpha value is -2.25. The van der Waals surface area contributed by atoms with E-state index in [0.717, 1.165) is 19.4 Å². The first-order valence-corrected chi connectivity index (χ1v) is 9.54. The van der Waals surface area contributed by atoms with Crippen molar-refractivity contribution in [2.45, 2.75) is 25.3 Å². The second-order valence-electron chi connectivity index (χ2n) is 6.38. The normalized spacial score (nSPS) is 17.3. The first-order chi connectivity index (χ1) is 12.5. The van der Waals surface area contributed by atoms with E-state index in [1.54, 1.807) is 23.5 Å². The van der Waals surface area contributed by atoms with Crippen molar-refractivity contribution in [1.29, 1.82) is 0 Å². The lowest BCUT2D eigenvalue weighted by molar-refractivity contribution is -0.120. The van der Waals surface area contributed by atoms with Crippen LogP contribution in [0.25, 0.3) is 0 Å². The highest BCUT2D eigenvalue weighted by Gasteiger charge is 2.30. The van der Waals surface area contributed by atoms with Crippen LogP contribution in [0.1, 0.15) is 30.2 Å². The maximum atomic E-state index is 13.2. The van der Waals surface area contributed by atoms with E-state index in [4.69, 9.17) is 5.73 Å². The van der Waals surface area contributed by atoms with Crippen LogP contribution in [-0.4, -0.2) is 36.3 Å². The molecule has 0 spiro atoms. The highest BCUT2D eigenvalue weighted by molar-refractivity contribution is 7.10. The number of likely N-dealkylation sites (tertiary alicyclic amines) is 1. The SMILES string of the molecule is NC(=O)CCN(C(=O)CN1CCCC1c1cccs1)c1ccc(F)cc1. The first kappa shape index (κ1) is 18.5. The van der Waals surface area contributed by atoms with Gasteiger partial charge < -0.3 is 10.6 Å². The molecule has 1 unspecified atom stereocenters. The fourth-order valence-electron chi connectivity index (χ4n) is 3.32. The number of rotatable bonds is 7. The zero-order chi connectivity index (χ0) is 18.5. The Balaban J connectivity index is 1.74. The van der Waals surface area contributed by atoms with Crippen LogP contribution in [0, 0.1) is 5.82 Å². The zero-order valence-electron chi connectivity index (χ0n) is 14.4. The average molecular weight is 375 g/mol. The maximum Gasteiger partial charge on any atom is 0.241 e. The molecule has 0 radical (unpaired) electrons. The summed E-state index contributed by atoms with van der Waals surface area (Å²) in [7, 11) is 0. The third kappa shape index (κ3) is 4.47. The van der Waals surface area contributed by atoms with E-state index >= 15 is 0 Å². The summed E-state index contributed by atoms with van der Waals surface area (Å²) >= 11 is 1.70. The summed E-state index contributed by atoms with van der Waals surface area (Å²) in [5, 5.41) is 2.05. The molecule has 1 aromatic carbocycles. The van der Waals surface area contributed by atoms with Gasteiger partial charge in [0.05, 0.1) is 6.54 Å². The van der Waals surface area contributed by atoms with Crippen LogP contribution >= 0.6 is 11.3 Å². The van der Waals surface area contributed by atoms with E-state index in [2.05, 4.69) is 11.0 Å². The van der Waals surface area contributed by atoms with Gasteiger partial charge in [-0.15, -0.1) is 11.3 Å². The number of carbonyl (C=O) groups excluding carboxylic acids is 2. The monoisotopic (exact) mass is 375 g/mol. The van der Waals surface area contributed by atoms with Gasteiger partial charge in [-0.1, -0.05) is 6.07 Å². The van der Waals surface area contributed by atoms with Gasteiger partial charge in [-0.05, 0) is 55.1 Å². The van der Waals surface area contributed by atoms with Gasteiger partial charge in [-0.25, -0.2) is 4.39 Å². The Kier molecular flexibility index (Phi) is 6.00. The molecule has 7 heteroatoms. The van der Waals surface area contributed by atoms with Crippen molar-refractivity contribution in [3.8, 4) is 0 Å². The van der Waals surface area contributed by atoms with Crippen LogP contribution in [0.2, 0.25) is 0 Å². The van der Waals surface area contributed by atoms with Gasteiger partial charge in [0, 0.05) is 29.6 Å². The highest BCUT2D eigenvalue weighted by Crippen LogP contribution is 2.34. The average Bonchev–Trinajstić information content (AvgIpc) is 3.27. The van der Waals surface area contributed by atoms with Crippen molar-refractivity contribution in [3.63, 3.8) is 0 Å².